The summed E-state index contributed by atoms with van der Waals surface area (Å²) in [5.74, 6) is 2.48. The Hall–Kier alpha value is -10.2. The van der Waals surface area contributed by atoms with Crippen LogP contribution in [0, 0.1) is 56.5 Å². The number of rotatable bonds is 16. The second-order valence-electron chi connectivity index (χ2n) is 22.4. The minimum atomic E-state index is 0. The molecule has 0 aliphatic rings. The van der Waals surface area contributed by atoms with Gasteiger partial charge in [0.2, 0.25) is 43.2 Å². The van der Waals surface area contributed by atoms with Crippen LogP contribution in [-0.4, -0.2) is 63.1 Å². The molecule has 0 spiro atoms. The summed E-state index contributed by atoms with van der Waals surface area (Å²) in [5, 5.41) is 0. The Labute approximate surface area is 642 Å². The van der Waals surface area contributed by atoms with Crippen molar-refractivity contribution in [3.8, 4) is 68.8 Å². The maximum Gasteiger partial charge on any atom is 0.245 e. The maximum absolute atomic E-state index is 4.63. The van der Waals surface area contributed by atoms with Gasteiger partial charge in [0.15, 0.2) is 0 Å². The minimum absolute atomic E-state index is 0. The molecule has 0 amide bonds. The fourth-order valence-corrected chi connectivity index (χ4v) is 10.2. The van der Waals surface area contributed by atoms with Crippen LogP contribution in [0.3, 0.4) is 0 Å². The van der Waals surface area contributed by atoms with E-state index in [0.717, 1.165) is 95.9 Å². The Morgan fingerprint density at radius 3 is 1.19 bits per heavy atom. The summed E-state index contributed by atoms with van der Waals surface area (Å²) >= 11 is 0. The summed E-state index contributed by atoms with van der Waals surface area (Å²) in [6.45, 7) is 1.99. The number of benzene rings is 4. The number of nitrogens with zero attached hydrogens (tertiary/aromatic N) is 21. The number of hydrogen-bond acceptors (Lipinski definition) is 9. The van der Waals surface area contributed by atoms with Crippen LogP contribution < -0.4 is 38.2 Å². The van der Waals surface area contributed by atoms with Gasteiger partial charge < -0.3 is 47.8 Å². The summed E-state index contributed by atoms with van der Waals surface area (Å²) in [6, 6.07) is 57.4. The molecular weight excluding hydrogens is 1990 g/mol. The van der Waals surface area contributed by atoms with E-state index in [1.54, 1.807) is 63.4 Å². The van der Waals surface area contributed by atoms with Crippen LogP contribution in [0.15, 0.2) is 233 Å². The molecule has 0 aliphatic carbocycles. The summed E-state index contributed by atoms with van der Waals surface area (Å²) in [5.41, 5.74) is 16.4. The van der Waals surface area contributed by atoms with Crippen molar-refractivity contribution in [2.24, 2.45) is 28.2 Å². The van der Waals surface area contributed by atoms with Gasteiger partial charge in [0.25, 0.3) is 0 Å². The van der Waals surface area contributed by atoms with Gasteiger partial charge in [0.05, 0.1) is 28.2 Å². The van der Waals surface area contributed by atoms with Crippen molar-refractivity contribution < 1.29 is 103 Å². The molecular formula is C76H61N21Pt4-8. The molecule has 0 N–H and O–H groups in total. The van der Waals surface area contributed by atoms with Crippen molar-refractivity contribution in [2.75, 3.05) is 0 Å². The first kappa shape index (κ1) is 75.1. The third kappa shape index (κ3) is 20.5. The Bertz CT molecular complexity index is 4730. The van der Waals surface area contributed by atoms with Crippen LogP contribution in [-0.2, 0) is 138 Å². The molecule has 25 heteroatoms. The largest absolute Gasteiger partial charge is 0.708 e. The van der Waals surface area contributed by atoms with E-state index in [9.17, 15) is 0 Å². The maximum atomic E-state index is 4.63. The van der Waals surface area contributed by atoms with Gasteiger partial charge >= 0.3 is 0 Å². The molecule has 0 radical (unpaired) electrons. The number of imidazole rings is 5. The van der Waals surface area contributed by atoms with Crippen LogP contribution in [0.2, 0.25) is 0 Å². The van der Waals surface area contributed by atoms with Crippen LogP contribution >= 0.6 is 0 Å². The molecule has 16 aromatic rings. The van der Waals surface area contributed by atoms with Crippen molar-refractivity contribution in [3.63, 3.8) is 0 Å². The molecule has 16 rings (SSSR count). The zero-order chi connectivity index (χ0) is 66.3. The monoisotopic (exact) mass is 2050 g/mol. The molecule has 12 aromatic heterocycles. The van der Waals surface area contributed by atoms with E-state index in [2.05, 4.69) is 133 Å². The van der Waals surface area contributed by atoms with E-state index in [1.165, 1.54) is 0 Å². The van der Waals surface area contributed by atoms with E-state index in [1.807, 2.05) is 223 Å². The second kappa shape index (κ2) is 36.3. The molecule has 12 heterocycles. The van der Waals surface area contributed by atoms with Gasteiger partial charge in [-0.15, -0.1) is 125 Å². The zero-order valence-corrected chi connectivity index (χ0v) is 64.0. The first-order chi connectivity index (χ1) is 47.5. The first-order valence-electron chi connectivity index (χ1n) is 30.9. The minimum Gasteiger partial charge on any atom is -0.708 e. The van der Waals surface area contributed by atoms with Crippen LogP contribution in [0.4, 0.5) is 0 Å². The van der Waals surface area contributed by atoms with E-state index in [-0.39, 0.29) is 84.3 Å². The zero-order valence-electron chi connectivity index (χ0n) is 54.9. The molecule has 0 atom stereocenters. The van der Waals surface area contributed by atoms with Crippen molar-refractivity contribution in [1.82, 2.24) is 83.1 Å². The summed E-state index contributed by atoms with van der Waals surface area (Å²) in [4.78, 5) is 57.0. The van der Waals surface area contributed by atoms with Gasteiger partial charge in [0, 0.05) is 181 Å². The smallest absolute Gasteiger partial charge is 0.245 e. The standard InChI is InChI=1S/C20H17N5.2C19H15N5.C18H14N6.4Pt/c1-15-6-7-19(22-15)17-5-3-4-16(12-17)13-18-8-9-21-20(23-18)25-11-10-24(2)14-25;1-23-10-11-24(14-23)17-5-2-4-15(13-17)12-16-7-9-21-19(22-16)18-6-3-8-20-18;1-23-10-11-24(14-23)19-21-9-7-17(22-19)13-15-4-2-5-16(12-15)18-6-3-8-20-18;1-23-7-8-24(13-23)18-20-6-5-16(22-18)10-14-3-2-4-15(9-14)17-11-19-12-21-17;;;;/h3-11H,13H2,1-2H3;2-11H,12H2,1H3;2-11H,13H2,1H3;2-8,11-12H,10H2,1H3;;;;/q4*-2;;;;. The van der Waals surface area contributed by atoms with Crippen LogP contribution in [0.25, 0.3) is 68.8 Å². The van der Waals surface area contributed by atoms with E-state index in [4.69, 9.17) is 0 Å². The Morgan fingerprint density at radius 1 is 0.376 bits per heavy atom. The van der Waals surface area contributed by atoms with Crippen molar-refractivity contribution >= 4 is 0 Å². The summed E-state index contributed by atoms with van der Waals surface area (Å²) in [6.07, 6.45) is 44.4. The fraction of sp³-hybridized carbons (Fsp3) is 0.118. The third-order valence-electron chi connectivity index (χ3n) is 14.8. The van der Waals surface area contributed by atoms with E-state index in [0.29, 0.717) is 49.4 Å². The predicted molar refractivity (Wildman–Crippen MR) is 355 cm³/mol. The second-order valence-corrected chi connectivity index (χ2v) is 22.4. The molecule has 0 aliphatic heterocycles. The molecule has 0 fully saturated rings. The van der Waals surface area contributed by atoms with E-state index >= 15 is 0 Å². The molecule has 0 unspecified atom stereocenters. The molecule has 0 saturated heterocycles. The molecule has 0 bridgehead atoms. The Kier molecular flexibility index (Phi) is 26.9. The summed E-state index contributed by atoms with van der Waals surface area (Å²) in [7, 11) is 7.69. The fourth-order valence-electron chi connectivity index (χ4n) is 10.2. The topological polar surface area (TPSA) is 208 Å². The van der Waals surface area contributed by atoms with Gasteiger partial charge in [-0.05, 0) is 49.9 Å². The van der Waals surface area contributed by atoms with Crippen molar-refractivity contribution in [2.45, 2.75) is 32.6 Å². The first-order valence-corrected chi connectivity index (χ1v) is 30.9. The number of aromatic nitrogens is 21. The number of hydrogen-bond donors (Lipinski definition) is 0. The molecule has 0 saturated carbocycles. The average Bonchev–Trinajstić information content (AvgIpc) is 1.84. The van der Waals surface area contributed by atoms with Crippen molar-refractivity contribution in [3.05, 3.63) is 333 Å². The quantitative estimate of drug-likeness (QED) is 0.0687. The SMILES string of the molecule is C[n+]1[c-]n(-c2[c-]c(Cc3ccnc(-c4ccc[n-]4)n3)ccc2)cc1.C[n+]1[c-]n(-c2nccc(Cc3[c-]c(-c4ccc[n-]4)ccc3)n2)cc1.C[n+]1[c-]n(-c2nccc(Cc3[c-]c(-c4cnc[n-]4)ccc3)n2)cc1.Cc1ccc(-c2[c-]c(Cc3ccnc(-n4[c-][n+](C)cc4)n3)ccc2)[n-]1.[Pt].[Pt].[Pt].[Pt]. The van der Waals surface area contributed by atoms with Gasteiger partial charge in [0.1, 0.15) is 5.82 Å². The predicted octanol–water partition coefficient (Wildman–Crippen LogP) is 7.32. The van der Waals surface area contributed by atoms with Gasteiger partial charge in [-0.25, -0.2) is 51.3 Å². The van der Waals surface area contributed by atoms with E-state index < -0.39 is 0 Å². The summed E-state index contributed by atoms with van der Waals surface area (Å²) < 4.78 is 14.6. The Morgan fingerprint density at radius 2 is 0.782 bits per heavy atom. The molecule has 518 valence electrons. The molecule has 21 nitrogen and oxygen atoms in total. The van der Waals surface area contributed by atoms with Gasteiger partial charge in [-0.2, -0.15) is 59.0 Å². The third-order valence-corrected chi connectivity index (χ3v) is 14.8. The van der Waals surface area contributed by atoms with Crippen LogP contribution in [0.1, 0.15) is 50.7 Å². The normalized spacial score (nSPS) is 10.5. The number of aryl methyl sites for hydroxylation is 5. The molecule has 4 aromatic carbocycles. The average molecular weight is 2050 g/mol. The van der Waals surface area contributed by atoms with Gasteiger partial charge in [-0.1, -0.05) is 42.6 Å². The van der Waals surface area contributed by atoms with Crippen LogP contribution in [0.5, 0.6) is 0 Å². The molecule has 101 heavy (non-hydrogen) atoms. The van der Waals surface area contributed by atoms with Gasteiger partial charge in [-0.3, -0.25) is 13.7 Å². The Balaban J connectivity index is 0.000000155. The van der Waals surface area contributed by atoms with Crippen molar-refractivity contribution in [1.29, 1.82) is 0 Å².